The first-order valence-electron chi connectivity index (χ1n) is 6.17. The van der Waals surface area contributed by atoms with Crippen LogP contribution < -0.4 is 0 Å². The van der Waals surface area contributed by atoms with Crippen LogP contribution in [0.15, 0.2) is 42.6 Å². The second kappa shape index (κ2) is 6.38. The van der Waals surface area contributed by atoms with Gasteiger partial charge in [-0.15, -0.1) is 0 Å². The molecule has 1 aromatic carbocycles. The van der Waals surface area contributed by atoms with Gasteiger partial charge in [-0.2, -0.15) is 0 Å². The Morgan fingerprint density at radius 1 is 1.16 bits per heavy atom. The Morgan fingerprint density at radius 3 is 2.68 bits per heavy atom. The molecular formula is C15H16F2N2. The highest BCUT2D eigenvalue weighted by molar-refractivity contribution is 5.18. The summed E-state index contributed by atoms with van der Waals surface area (Å²) in [5, 5.41) is 0. The molecule has 0 saturated heterocycles. The maximum Gasteiger partial charge on any atom is 0.130 e. The SMILES string of the molecule is CN(CCc1ccccn1)Cc1ccc(F)cc1F. The Labute approximate surface area is 111 Å². The van der Waals surface area contributed by atoms with Crippen molar-refractivity contribution in [1.82, 2.24) is 9.88 Å². The molecule has 0 bridgehead atoms. The molecule has 0 saturated carbocycles. The van der Waals surface area contributed by atoms with E-state index in [-0.39, 0.29) is 0 Å². The Balaban J connectivity index is 1.89. The first-order valence-corrected chi connectivity index (χ1v) is 6.17. The topological polar surface area (TPSA) is 16.1 Å². The molecule has 1 heterocycles. The third kappa shape index (κ3) is 4.10. The van der Waals surface area contributed by atoms with E-state index in [4.69, 9.17) is 0 Å². The number of nitrogens with zero attached hydrogens (tertiary/aromatic N) is 2. The Morgan fingerprint density at radius 2 is 2.00 bits per heavy atom. The number of hydrogen-bond donors (Lipinski definition) is 0. The van der Waals surface area contributed by atoms with E-state index in [1.54, 1.807) is 6.20 Å². The highest BCUT2D eigenvalue weighted by Gasteiger charge is 2.07. The first kappa shape index (κ1) is 13.6. The lowest BCUT2D eigenvalue weighted by molar-refractivity contribution is 0.324. The van der Waals surface area contributed by atoms with E-state index in [2.05, 4.69) is 4.98 Å². The Bertz CT molecular complexity index is 529. The quantitative estimate of drug-likeness (QED) is 0.823. The molecule has 4 heteroatoms. The van der Waals surface area contributed by atoms with Gasteiger partial charge in [0.25, 0.3) is 0 Å². The molecule has 19 heavy (non-hydrogen) atoms. The van der Waals surface area contributed by atoms with Crippen LogP contribution in [0.4, 0.5) is 8.78 Å². The molecule has 2 rings (SSSR count). The monoisotopic (exact) mass is 262 g/mol. The molecule has 0 aliphatic heterocycles. The highest BCUT2D eigenvalue weighted by Crippen LogP contribution is 2.11. The van der Waals surface area contributed by atoms with Gasteiger partial charge in [0.2, 0.25) is 0 Å². The number of aromatic nitrogens is 1. The van der Waals surface area contributed by atoms with Crippen molar-refractivity contribution in [1.29, 1.82) is 0 Å². The molecule has 0 atom stereocenters. The van der Waals surface area contributed by atoms with Gasteiger partial charge in [-0.25, -0.2) is 8.78 Å². The van der Waals surface area contributed by atoms with Crippen molar-refractivity contribution >= 4 is 0 Å². The van der Waals surface area contributed by atoms with Crippen molar-refractivity contribution in [3.8, 4) is 0 Å². The van der Waals surface area contributed by atoms with E-state index in [0.717, 1.165) is 24.7 Å². The number of halogens is 2. The normalized spacial score (nSPS) is 10.9. The molecule has 0 aliphatic carbocycles. The maximum atomic E-state index is 13.5. The summed E-state index contributed by atoms with van der Waals surface area (Å²) >= 11 is 0. The fraction of sp³-hybridized carbons (Fsp3) is 0.267. The molecule has 1 aromatic heterocycles. The summed E-state index contributed by atoms with van der Waals surface area (Å²) in [5.41, 5.74) is 1.51. The lowest BCUT2D eigenvalue weighted by atomic mass is 10.2. The molecular weight excluding hydrogens is 246 g/mol. The molecule has 2 nitrogen and oxygen atoms in total. The van der Waals surface area contributed by atoms with Gasteiger partial charge >= 0.3 is 0 Å². The van der Waals surface area contributed by atoms with Gasteiger partial charge in [-0.1, -0.05) is 12.1 Å². The average Bonchev–Trinajstić information content (AvgIpc) is 2.41. The van der Waals surface area contributed by atoms with E-state index in [1.165, 1.54) is 12.1 Å². The summed E-state index contributed by atoms with van der Waals surface area (Å²) in [4.78, 5) is 6.23. The Hall–Kier alpha value is -1.81. The number of pyridine rings is 1. The predicted octanol–water partition coefficient (Wildman–Crippen LogP) is 3.03. The maximum absolute atomic E-state index is 13.5. The summed E-state index contributed by atoms with van der Waals surface area (Å²) < 4.78 is 26.3. The first-order chi connectivity index (χ1) is 9.15. The van der Waals surface area contributed by atoms with Crippen LogP contribution in [-0.4, -0.2) is 23.5 Å². The van der Waals surface area contributed by atoms with Crippen LogP contribution in [-0.2, 0) is 13.0 Å². The van der Waals surface area contributed by atoms with E-state index < -0.39 is 11.6 Å². The van der Waals surface area contributed by atoms with Gasteiger partial charge in [-0.3, -0.25) is 4.98 Å². The smallest absolute Gasteiger partial charge is 0.130 e. The summed E-state index contributed by atoms with van der Waals surface area (Å²) in [7, 11) is 1.91. The van der Waals surface area contributed by atoms with Crippen LogP contribution in [0, 0.1) is 11.6 Å². The van der Waals surface area contributed by atoms with Crippen molar-refractivity contribution in [2.75, 3.05) is 13.6 Å². The third-order valence-corrected chi connectivity index (χ3v) is 2.93. The molecule has 100 valence electrons. The average molecular weight is 262 g/mol. The molecule has 0 spiro atoms. The minimum Gasteiger partial charge on any atom is -0.302 e. The number of benzene rings is 1. The fourth-order valence-electron chi connectivity index (χ4n) is 1.87. The van der Waals surface area contributed by atoms with Crippen molar-refractivity contribution in [2.24, 2.45) is 0 Å². The molecule has 0 fully saturated rings. The van der Waals surface area contributed by atoms with Crippen LogP contribution in [0.25, 0.3) is 0 Å². The number of likely N-dealkylation sites (N-methyl/N-ethyl adjacent to an activating group) is 1. The largest absolute Gasteiger partial charge is 0.302 e. The second-order valence-electron chi connectivity index (χ2n) is 4.54. The van der Waals surface area contributed by atoms with Gasteiger partial charge in [-0.05, 0) is 25.2 Å². The zero-order chi connectivity index (χ0) is 13.7. The van der Waals surface area contributed by atoms with Crippen molar-refractivity contribution in [3.05, 3.63) is 65.5 Å². The minimum absolute atomic E-state index is 0.457. The van der Waals surface area contributed by atoms with Crippen LogP contribution >= 0.6 is 0 Å². The number of rotatable bonds is 5. The van der Waals surface area contributed by atoms with E-state index in [9.17, 15) is 8.78 Å². The summed E-state index contributed by atoms with van der Waals surface area (Å²) in [6.45, 7) is 1.23. The van der Waals surface area contributed by atoms with Crippen molar-refractivity contribution < 1.29 is 8.78 Å². The van der Waals surface area contributed by atoms with Gasteiger partial charge in [0.15, 0.2) is 0 Å². The summed E-state index contributed by atoms with van der Waals surface area (Å²) in [6.07, 6.45) is 2.56. The van der Waals surface area contributed by atoms with Crippen LogP contribution in [0.3, 0.4) is 0 Å². The minimum atomic E-state index is -0.544. The summed E-state index contributed by atoms with van der Waals surface area (Å²) in [6, 6.07) is 9.48. The number of hydrogen-bond acceptors (Lipinski definition) is 2. The van der Waals surface area contributed by atoms with E-state index in [1.807, 2.05) is 30.1 Å². The van der Waals surface area contributed by atoms with Crippen LogP contribution in [0.1, 0.15) is 11.3 Å². The molecule has 0 aliphatic rings. The molecule has 0 radical (unpaired) electrons. The zero-order valence-corrected chi connectivity index (χ0v) is 10.8. The van der Waals surface area contributed by atoms with Gasteiger partial charge in [0, 0.05) is 43.0 Å². The summed E-state index contributed by atoms with van der Waals surface area (Å²) in [5.74, 6) is -1.04. The lowest BCUT2D eigenvalue weighted by Crippen LogP contribution is -2.21. The van der Waals surface area contributed by atoms with Crippen LogP contribution in [0.5, 0.6) is 0 Å². The third-order valence-electron chi connectivity index (χ3n) is 2.93. The Kier molecular flexibility index (Phi) is 4.58. The molecule has 0 amide bonds. The zero-order valence-electron chi connectivity index (χ0n) is 10.8. The van der Waals surface area contributed by atoms with Gasteiger partial charge in [0.05, 0.1) is 0 Å². The standard InChI is InChI=1S/C15H16F2N2/c1-19(9-7-14-4-2-3-8-18-14)11-12-5-6-13(16)10-15(12)17/h2-6,8,10H,7,9,11H2,1H3. The molecule has 2 aromatic rings. The van der Waals surface area contributed by atoms with Gasteiger partial charge in [0.1, 0.15) is 11.6 Å². The van der Waals surface area contributed by atoms with E-state index in [0.29, 0.717) is 12.1 Å². The lowest BCUT2D eigenvalue weighted by Gasteiger charge is -2.16. The molecule has 0 unspecified atom stereocenters. The fourth-order valence-corrected chi connectivity index (χ4v) is 1.87. The van der Waals surface area contributed by atoms with Crippen molar-refractivity contribution in [2.45, 2.75) is 13.0 Å². The highest BCUT2D eigenvalue weighted by atomic mass is 19.1. The second-order valence-corrected chi connectivity index (χ2v) is 4.54. The van der Waals surface area contributed by atoms with Crippen LogP contribution in [0.2, 0.25) is 0 Å². The van der Waals surface area contributed by atoms with E-state index >= 15 is 0 Å². The predicted molar refractivity (Wildman–Crippen MR) is 70.6 cm³/mol. The molecule has 0 N–H and O–H groups in total. The van der Waals surface area contributed by atoms with Crippen molar-refractivity contribution in [3.63, 3.8) is 0 Å². The van der Waals surface area contributed by atoms with Gasteiger partial charge < -0.3 is 4.90 Å².